The first-order valence-electron chi connectivity index (χ1n) is 6.64. The molecule has 3 rings (SSSR count). The van der Waals surface area contributed by atoms with Gasteiger partial charge in [-0.3, -0.25) is 0 Å². The predicted molar refractivity (Wildman–Crippen MR) is 77.4 cm³/mol. The van der Waals surface area contributed by atoms with Gasteiger partial charge in [0.2, 0.25) is 0 Å². The minimum atomic E-state index is 0.171. The first-order valence-corrected chi connectivity index (χ1v) is 7.52. The third kappa shape index (κ3) is 3.03. The van der Waals surface area contributed by atoms with E-state index in [-0.39, 0.29) is 6.10 Å². The van der Waals surface area contributed by atoms with Crippen molar-refractivity contribution in [2.45, 2.75) is 26.0 Å². The number of rotatable bonds is 4. The molecule has 100 valence electrons. The Morgan fingerprint density at radius 2 is 2.32 bits per heavy atom. The molecule has 1 aromatic heterocycles. The summed E-state index contributed by atoms with van der Waals surface area (Å²) in [4.78, 5) is 4.45. The van der Waals surface area contributed by atoms with Gasteiger partial charge in [0.25, 0.3) is 0 Å². The lowest BCUT2D eigenvalue weighted by molar-refractivity contribution is 0.0423. The zero-order valence-electron chi connectivity index (χ0n) is 11.1. The van der Waals surface area contributed by atoms with Crippen molar-refractivity contribution in [1.82, 2.24) is 10.3 Å². The molecule has 1 aliphatic rings. The molecule has 2 aromatic rings. The number of hydrogen-bond donors (Lipinski definition) is 1. The van der Waals surface area contributed by atoms with Crippen LogP contribution in [0.4, 0.5) is 0 Å². The zero-order chi connectivity index (χ0) is 13.1. The van der Waals surface area contributed by atoms with Crippen molar-refractivity contribution < 1.29 is 4.74 Å². The zero-order valence-corrected chi connectivity index (χ0v) is 11.9. The van der Waals surface area contributed by atoms with Crippen molar-refractivity contribution in [1.29, 1.82) is 0 Å². The summed E-state index contributed by atoms with van der Waals surface area (Å²) in [5.74, 6) is 0. The Hall–Kier alpha value is -1.23. The van der Waals surface area contributed by atoms with E-state index in [9.17, 15) is 0 Å². The van der Waals surface area contributed by atoms with E-state index in [1.807, 2.05) is 6.92 Å². The maximum atomic E-state index is 5.87. The highest BCUT2D eigenvalue weighted by atomic mass is 32.1. The Balaban J connectivity index is 1.59. The molecule has 0 amide bonds. The van der Waals surface area contributed by atoms with Gasteiger partial charge in [-0.05, 0) is 24.5 Å². The van der Waals surface area contributed by atoms with Crippen LogP contribution in [0.2, 0.25) is 0 Å². The molecular formula is C15H18N2OS. The summed E-state index contributed by atoms with van der Waals surface area (Å²) in [5.41, 5.74) is 3.87. The Morgan fingerprint density at radius 3 is 3.16 bits per heavy atom. The molecule has 1 aliphatic heterocycles. The van der Waals surface area contributed by atoms with Gasteiger partial charge in [-0.1, -0.05) is 24.3 Å². The lowest BCUT2D eigenvalue weighted by Gasteiger charge is -2.26. The maximum absolute atomic E-state index is 5.87. The van der Waals surface area contributed by atoms with Crippen LogP contribution < -0.4 is 5.32 Å². The highest BCUT2D eigenvalue weighted by molar-refractivity contribution is 7.09. The monoisotopic (exact) mass is 274 g/mol. The van der Waals surface area contributed by atoms with Crippen LogP contribution in [0.15, 0.2) is 29.6 Å². The molecule has 4 heteroatoms. The number of aromatic nitrogens is 1. The SMILES string of the molecule is Cc1nc(CNCC2OCCc3ccccc32)cs1. The maximum Gasteiger partial charge on any atom is 0.0952 e. The number of benzene rings is 1. The summed E-state index contributed by atoms with van der Waals surface area (Å²) < 4.78 is 5.87. The smallest absolute Gasteiger partial charge is 0.0952 e. The van der Waals surface area contributed by atoms with Crippen LogP contribution in [0.3, 0.4) is 0 Å². The van der Waals surface area contributed by atoms with Gasteiger partial charge in [0.1, 0.15) is 0 Å². The second-order valence-corrected chi connectivity index (χ2v) is 5.86. The molecule has 0 radical (unpaired) electrons. The molecule has 1 aromatic carbocycles. The second-order valence-electron chi connectivity index (χ2n) is 4.80. The Kier molecular flexibility index (Phi) is 3.92. The van der Waals surface area contributed by atoms with Crippen LogP contribution in [-0.2, 0) is 17.7 Å². The first kappa shape index (κ1) is 12.8. The molecule has 0 bridgehead atoms. The largest absolute Gasteiger partial charge is 0.372 e. The van der Waals surface area contributed by atoms with E-state index in [1.54, 1.807) is 11.3 Å². The summed E-state index contributed by atoms with van der Waals surface area (Å²) in [7, 11) is 0. The van der Waals surface area contributed by atoms with Crippen molar-refractivity contribution in [3.8, 4) is 0 Å². The van der Waals surface area contributed by atoms with E-state index >= 15 is 0 Å². The summed E-state index contributed by atoms with van der Waals surface area (Å²) in [5, 5.41) is 6.68. The number of nitrogens with one attached hydrogen (secondary N) is 1. The highest BCUT2D eigenvalue weighted by Gasteiger charge is 2.19. The fourth-order valence-corrected chi connectivity index (χ4v) is 3.08. The molecule has 1 N–H and O–H groups in total. The molecule has 0 saturated heterocycles. The minimum absolute atomic E-state index is 0.171. The average molecular weight is 274 g/mol. The van der Waals surface area contributed by atoms with Gasteiger partial charge in [-0.15, -0.1) is 11.3 Å². The molecule has 19 heavy (non-hydrogen) atoms. The van der Waals surface area contributed by atoms with E-state index < -0.39 is 0 Å². The topological polar surface area (TPSA) is 34.2 Å². The number of hydrogen-bond acceptors (Lipinski definition) is 4. The normalized spacial score (nSPS) is 18.3. The Bertz CT molecular complexity index is 553. The van der Waals surface area contributed by atoms with Crippen LogP contribution in [0.25, 0.3) is 0 Å². The van der Waals surface area contributed by atoms with Gasteiger partial charge in [-0.25, -0.2) is 4.98 Å². The molecule has 0 spiro atoms. The summed E-state index contributed by atoms with van der Waals surface area (Å²) in [6.45, 7) is 4.51. The van der Waals surface area contributed by atoms with E-state index in [2.05, 4.69) is 39.9 Å². The van der Waals surface area contributed by atoms with Gasteiger partial charge in [0.05, 0.1) is 23.4 Å². The molecule has 0 aliphatic carbocycles. The first-order chi connectivity index (χ1) is 9.33. The van der Waals surface area contributed by atoms with Crippen LogP contribution in [0, 0.1) is 6.92 Å². The molecule has 1 atom stereocenters. The molecule has 2 heterocycles. The summed E-state index contributed by atoms with van der Waals surface area (Å²) in [6, 6.07) is 8.57. The summed E-state index contributed by atoms with van der Waals surface area (Å²) >= 11 is 1.70. The van der Waals surface area contributed by atoms with Crippen LogP contribution >= 0.6 is 11.3 Å². The molecule has 0 saturated carbocycles. The van der Waals surface area contributed by atoms with Crippen LogP contribution in [-0.4, -0.2) is 18.1 Å². The number of nitrogens with zero attached hydrogens (tertiary/aromatic N) is 1. The third-order valence-electron chi connectivity index (χ3n) is 3.39. The van der Waals surface area contributed by atoms with E-state index in [4.69, 9.17) is 4.74 Å². The fraction of sp³-hybridized carbons (Fsp3) is 0.400. The van der Waals surface area contributed by atoms with Gasteiger partial charge < -0.3 is 10.1 Å². The lowest BCUT2D eigenvalue weighted by atomic mass is 9.97. The van der Waals surface area contributed by atoms with Crippen molar-refractivity contribution in [3.05, 3.63) is 51.5 Å². The Labute approximate surface area is 117 Å². The van der Waals surface area contributed by atoms with Crippen molar-refractivity contribution in [2.24, 2.45) is 0 Å². The fourth-order valence-electron chi connectivity index (χ4n) is 2.47. The van der Waals surface area contributed by atoms with E-state index in [1.165, 1.54) is 11.1 Å². The summed E-state index contributed by atoms with van der Waals surface area (Å²) in [6.07, 6.45) is 1.20. The van der Waals surface area contributed by atoms with Gasteiger partial charge in [-0.2, -0.15) is 0 Å². The van der Waals surface area contributed by atoms with Crippen molar-refractivity contribution >= 4 is 11.3 Å². The standard InChI is InChI=1S/C15H18N2OS/c1-11-17-13(10-19-11)8-16-9-15-14-5-3-2-4-12(14)6-7-18-15/h2-5,10,15-16H,6-9H2,1H3. The van der Waals surface area contributed by atoms with Crippen LogP contribution in [0.5, 0.6) is 0 Å². The quantitative estimate of drug-likeness (QED) is 0.931. The van der Waals surface area contributed by atoms with Gasteiger partial charge >= 0.3 is 0 Å². The third-order valence-corrected chi connectivity index (χ3v) is 4.22. The minimum Gasteiger partial charge on any atom is -0.372 e. The number of thiazole rings is 1. The number of ether oxygens (including phenoxy) is 1. The second kappa shape index (κ2) is 5.82. The molecular weight excluding hydrogens is 256 g/mol. The molecule has 3 nitrogen and oxygen atoms in total. The number of aryl methyl sites for hydroxylation is 1. The number of fused-ring (bicyclic) bond motifs is 1. The van der Waals surface area contributed by atoms with Crippen molar-refractivity contribution in [2.75, 3.05) is 13.2 Å². The Morgan fingerprint density at radius 1 is 1.42 bits per heavy atom. The lowest BCUT2D eigenvalue weighted by Crippen LogP contribution is -2.27. The van der Waals surface area contributed by atoms with Gasteiger partial charge in [0, 0.05) is 18.5 Å². The van der Waals surface area contributed by atoms with Gasteiger partial charge in [0.15, 0.2) is 0 Å². The molecule has 0 fully saturated rings. The molecule has 1 unspecified atom stereocenters. The highest BCUT2D eigenvalue weighted by Crippen LogP contribution is 2.26. The van der Waals surface area contributed by atoms with E-state index in [0.717, 1.165) is 36.8 Å². The average Bonchev–Trinajstić information content (AvgIpc) is 2.85. The van der Waals surface area contributed by atoms with Crippen LogP contribution in [0.1, 0.15) is 27.9 Å². The van der Waals surface area contributed by atoms with Crippen molar-refractivity contribution in [3.63, 3.8) is 0 Å². The predicted octanol–water partition coefficient (Wildman–Crippen LogP) is 2.86. The van der Waals surface area contributed by atoms with E-state index in [0.29, 0.717) is 0 Å².